The average Bonchev–Trinajstić information content (AvgIpc) is 3.81. The number of furan rings is 1. The summed E-state index contributed by atoms with van der Waals surface area (Å²) >= 11 is 0. The highest BCUT2D eigenvalue weighted by atomic mass is 16.3. The third kappa shape index (κ3) is 4.71. The van der Waals surface area contributed by atoms with E-state index in [9.17, 15) is 0 Å². The zero-order valence-corrected chi connectivity index (χ0v) is 32.0. The zero-order chi connectivity index (χ0) is 42.9. The first-order valence-corrected chi connectivity index (χ1v) is 19.8. The second-order valence-corrected chi connectivity index (χ2v) is 16.0. The Morgan fingerprint density at radius 2 is 1.00 bits per heavy atom. The van der Waals surface area contributed by atoms with Crippen molar-refractivity contribution in [3.63, 3.8) is 0 Å². The molecular weight excluding hydrogens is 701 g/mol. The van der Waals surface area contributed by atoms with E-state index in [0.717, 1.165) is 87.6 Å². The van der Waals surface area contributed by atoms with Crippen molar-refractivity contribution in [1.29, 1.82) is 0 Å². The average molecular weight is 744 g/mol. The van der Waals surface area contributed by atoms with Crippen LogP contribution in [0, 0.1) is 0 Å². The molecule has 0 unspecified atom stereocenters. The highest BCUT2D eigenvalue weighted by Crippen LogP contribution is 2.52. The summed E-state index contributed by atoms with van der Waals surface area (Å²) in [5, 5.41) is 7.79. The van der Waals surface area contributed by atoms with E-state index in [1.165, 1.54) is 22.3 Å². The summed E-state index contributed by atoms with van der Waals surface area (Å²) in [7, 11) is 0. The van der Waals surface area contributed by atoms with Crippen LogP contribution in [0.2, 0.25) is 0 Å². The summed E-state index contributed by atoms with van der Waals surface area (Å²) < 4.78 is 50.3. The summed E-state index contributed by atoms with van der Waals surface area (Å²) in [4.78, 5) is 0. The van der Waals surface area contributed by atoms with Gasteiger partial charge in [0.1, 0.15) is 11.2 Å². The number of hydrogen-bond donors (Lipinski definition) is 0. The van der Waals surface area contributed by atoms with Crippen LogP contribution in [0.1, 0.15) is 31.8 Å². The van der Waals surface area contributed by atoms with Gasteiger partial charge in [-0.2, -0.15) is 0 Å². The smallest absolute Gasteiger partial charge is 0.136 e. The highest BCUT2D eigenvalue weighted by Gasteiger charge is 2.35. The van der Waals surface area contributed by atoms with Gasteiger partial charge in [-0.15, -0.1) is 0 Å². The summed E-state index contributed by atoms with van der Waals surface area (Å²) in [6.45, 7) is 4.65. The van der Waals surface area contributed by atoms with Crippen molar-refractivity contribution in [2.45, 2.75) is 19.3 Å². The molecular formula is C57H38O. The molecule has 0 saturated carbocycles. The SMILES string of the molecule is [2H]c1c([2H])c([2H])c(-c2c3ccccc3c(-c3cc(-c4ccc5oc6ccccc6c5c4-c4ccc5c(c4)C(C)(C)c4ccccc4-5)cc4ccccc34)c3ccccc23)c([2H])c1[2H]. The Hall–Kier alpha value is -7.22. The molecule has 0 bridgehead atoms. The van der Waals surface area contributed by atoms with E-state index in [0.29, 0.717) is 5.56 Å². The van der Waals surface area contributed by atoms with Crippen molar-refractivity contribution in [3.8, 4) is 55.6 Å². The number of hydrogen-bond acceptors (Lipinski definition) is 1. The van der Waals surface area contributed by atoms with E-state index in [-0.39, 0.29) is 35.1 Å². The van der Waals surface area contributed by atoms with Gasteiger partial charge in [0, 0.05) is 21.8 Å². The fourth-order valence-corrected chi connectivity index (χ4v) is 9.95. The van der Waals surface area contributed by atoms with Gasteiger partial charge in [-0.3, -0.25) is 0 Å². The standard InChI is InChI=1S/C57H38O/c1-57(2)49-26-14-12-20-41(49)42-29-28-37(34-50(42)57)54-40(30-31-52-56(54)47-25-13-15-27-51(47)58-52)38-32-36-18-6-7-19-39(36)48(33-38)55-45-23-10-8-21-43(45)53(35-16-4-3-5-17-35)44-22-9-11-24-46(44)55/h3-34H,1-2H3/i3D,4D,5D,16D,17D. The maximum Gasteiger partial charge on any atom is 0.136 e. The molecule has 1 heteroatoms. The molecule has 11 aromatic rings. The van der Waals surface area contributed by atoms with E-state index in [2.05, 4.69) is 129 Å². The molecule has 1 aliphatic rings. The Bertz CT molecular complexity index is 3700. The van der Waals surface area contributed by atoms with Gasteiger partial charge in [0.15, 0.2) is 0 Å². The molecule has 1 nitrogen and oxygen atoms in total. The third-order valence-corrected chi connectivity index (χ3v) is 12.5. The second kappa shape index (κ2) is 12.4. The van der Waals surface area contributed by atoms with E-state index >= 15 is 0 Å². The van der Waals surface area contributed by atoms with Crippen LogP contribution < -0.4 is 0 Å². The van der Waals surface area contributed by atoms with E-state index in [1.54, 1.807) is 0 Å². The fraction of sp³-hybridized carbons (Fsp3) is 0.0526. The molecule has 0 saturated heterocycles. The maximum absolute atomic E-state index is 9.08. The van der Waals surface area contributed by atoms with Crippen LogP contribution in [0.15, 0.2) is 198 Å². The Labute approximate surface area is 344 Å². The molecule has 0 radical (unpaired) electrons. The Kier molecular flexibility index (Phi) is 6.03. The number of fused-ring (bicyclic) bond motifs is 9. The van der Waals surface area contributed by atoms with Crippen molar-refractivity contribution in [3.05, 3.63) is 205 Å². The van der Waals surface area contributed by atoms with Gasteiger partial charge in [-0.05, 0) is 124 Å². The zero-order valence-electron chi connectivity index (χ0n) is 37.0. The first kappa shape index (κ1) is 28.2. The summed E-state index contributed by atoms with van der Waals surface area (Å²) in [6, 6.07) is 56.1. The maximum atomic E-state index is 9.08. The molecule has 0 amide bonds. The van der Waals surface area contributed by atoms with Gasteiger partial charge >= 0.3 is 0 Å². The highest BCUT2D eigenvalue weighted by molar-refractivity contribution is 6.24. The van der Waals surface area contributed by atoms with Gasteiger partial charge in [0.2, 0.25) is 0 Å². The molecule has 1 heterocycles. The van der Waals surface area contributed by atoms with Gasteiger partial charge in [0.05, 0.1) is 6.85 Å². The number of benzene rings is 10. The lowest BCUT2D eigenvalue weighted by molar-refractivity contribution is 0.660. The minimum absolute atomic E-state index is 0.186. The predicted molar refractivity (Wildman–Crippen MR) is 246 cm³/mol. The van der Waals surface area contributed by atoms with E-state index < -0.39 is 6.04 Å². The van der Waals surface area contributed by atoms with E-state index in [1.807, 2.05) is 48.5 Å². The van der Waals surface area contributed by atoms with Crippen LogP contribution in [0.25, 0.3) is 110 Å². The predicted octanol–water partition coefficient (Wildman–Crippen LogP) is 16.0. The minimum Gasteiger partial charge on any atom is -0.456 e. The van der Waals surface area contributed by atoms with Crippen molar-refractivity contribution in [1.82, 2.24) is 0 Å². The molecule has 12 rings (SSSR count). The summed E-state index contributed by atoms with van der Waals surface area (Å²) in [6.07, 6.45) is 0. The van der Waals surface area contributed by atoms with Crippen LogP contribution >= 0.6 is 0 Å². The van der Waals surface area contributed by atoms with Gasteiger partial charge in [-0.25, -0.2) is 0 Å². The molecule has 0 spiro atoms. The Morgan fingerprint density at radius 1 is 0.397 bits per heavy atom. The van der Waals surface area contributed by atoms with Crippen LogP contribution in [0.4, 0.5) is 0 Å². The lowest BCUT2D eigenvalue weighted by Gasteiger charge is -2.23. The molecule has 0 fully saturated rings. The molecule has 0 N–H and O–H groups in total. The second-order valence-electron chi connectivity index (χ2n) is 16.0. The van der Waals surface area contributed by atoms with Crippen LogP contribution in [0.5, 0.6) is 0 Å². The number of para-hydroxylation sites is 1. The van der Waals surface area contributed by atoms with Gasteiger partial charge in [0.25, 0.3) is 0 Å². The van der Waals surface area contributed by atoms with E-state index in [4.69, 9.17) is 11.3 Å². The number of rotatable bonds is 4. The molecule has 1 aliphatic carbocycles. The summed E-state index contributed by atoms with van der Waals surface area (Å²) in [5.41, 5.74) is 13.9. The van der Waals surface area contributed by atoms with Crippen molar-refractivity contribution >= 4 is 54.3 Å². The first-order valence-electron chi connectivity index (χ1n) is 22.3. The van der Waals surface area contributed by atoms with Crippen LogP contribution in [0.3, 0.4) is 0 Å². The topological polar surface area (TPSA) is 13.1 Å². The van der Waals surface area contributed by atoms with Gasteiger partial charge < -0.3 is 4.42 Å². The first-order chi connectivity index (χ1) is 30.6. The lowest BCUT2D eigenvalue weighted by atomic mass is 9.80. The minimum atomic E-state index is -0.406. The van der Waals surface area contributed by atoms with Crippen LogP contribution in [-0.2, 0) is 5.41 Å². The molecule has 10 aromatic carbocycles. The quantitative estimate of drug-likeness (QED) is 0.164. The third-order valence-electron chi connectivity index (χ3n) is 12.5. The van der Waals surface area contributed by atoms with Crippen molar-refractivity contribution < 1.29 is 11.3 Å². The molecule has 58 heavy (non-hydrogen) atoms. The van der Waals surface area contributed by atoms with Gasteiger partial charge in [-0.1, -0.05) is 178 Å². The molecule has 0 atom stereocenters. The van der Waals surface area contributed by atoms with Crippen molar-refractivity contribution in [2.24, 2.45) is 0 Å². The molecule has 1 aromatic heterocycles. The lowest BCUT2D eigenvalue weighted by Crippen LogP contribution is -2.14. The fourth-order valence-electron chi connectivity index (χ4n) is 9.95. The largest absolute Gasteiger partial charge is 0.456 e. The monoisotopic (exact) mass is 743 g/mol. The van der Waals surface area contributed by atoms with Crippen molar-refractivity contribution in [2.75, 3.05) is 0 Å². The Balaban J connectivity index is 1.18. The molecule has 0 aliphatic heterocycles. The summed E-state index contributed by atoms with van der Waals surface area (Å²) in [5.74, 6) is 0. The molecule has 272 valence electrons. The van der Waals surface area contributed by atoms with Crippen LogP contribution in [-0.4, -0.2) is 0 Å². The normalized spacial score (nSPS) is 14.3. The Morgan fingerprint density at radius 3 is 1.76 bits per heavy atom.